The molecule has 2 amide bonds. The number of amides is 2. The summed E-state index contributed by atoms with van der Waals surface area (Å²) in [6, 6.07) is 2.06. The van der Waals surface area contributed by atoms with Gasteiger partial charge in [0.2, 0.25) is 5.91 Å². The second-order valence-corrected chi connectivity index (χ2v) is 8.52. The van der Waals surface area contributed by atoms with Crippen molar-refractivity contribution in [1.29, 1.82) is 0 Å². The number of rotatable bonds is 1. The van der Waals surface area contributed by atoms with Crippen LogP contribution in [-0.2, 0) is 4.79 Å². The predicted molar refractivity (Wildman–Crippen MR) is 80.4 cm³/mol. The van der Waals surface area contributed by atoms with E-state index in [-0.39, 0.29) is 17.9 Å². The van der Waals surface area contributed by atoms with Gasteiger partial charge in [-0.3, -0.25) is 9.59 Å². The van der Waals surface area contributed by atoms with Crippen molar-refractivity contribution in [3.05, 3.63) is 19.2 Å². The molecule has 3 rings (SSSR count). The molecule has 19 heavy (non-hydrogen) atoms. The summed E-state index contributed by atoms with van der Waals surface area (Å²) in [5, 5.41) is 0. The van der Waals surface area contributed by atoms with Gasteiger partial charge >= 0.3 is 0 Å². The van der Waals surface area contributed by atoms with E-state index in [0.29, 0.717) is 31.6 Å². The van der Waals surface area contributed by atoms with Crippen molar-refractivity contribution in [3.8, 4) is 0 Å². The average Bonchev–Trinajstić information content (AvgIpc) is 2.92. The SMILES string of the molecule is O=C(c1cc(Br)sc1Br)N1CCN2C(=O)CCC2C1. The molecule has 0 aromatic carbocycles. The van der Waals surface area contributed by atoms with E-state index in [2.05, 4.69) is 31.9 Å². The van der Waals surface area contributed by atoms with Crippen LogP contribution in [-0.4, -0.2) is 47.3 Å². The summed E-state index contributed by atoms with van der Waals surface area (Å²) in [7, 11) is 0. The first-order valence-electron chi connectivity index (χ1n) is 6.10. The van der Waals surface area contributed by atoms with E-state index in [1.807, 2.05) is 15.9 Å². The molecule has 2 saturated heterocycles. The molecule has 0 N–H and O–H groups in total. The third-order valence-electron chi connectivity index (χ3n) is 3.67. The molecule has 2 aliphatic heterocycles. The number of carbonyl (C=O) groups excluding carboxylic acids is 2. The van der Waals surface area contributed by atoms with E-state index in [1.165, 1.54) is 11.3 Å². The molecule has 7 heteroatoms. The highest BCUT2D eigenvalue weighted by atomic mass is 79.9. The Hall–Kier alpha value is -0.400. The second-order valence-electron chi connectivity index (χ2n) is 4.77. The molecular formula is C12H12Br2N2O2S. The van der Waals surface area contributed by atoms with Gasteiger partial charge in [-0.1, -0.05) is 0 Å². The number of hydrogen-bond donors (Lipinski definition) is 0. The van der Waals surface area contributed by atoms with Crippen molar-refractivity contribution in [3.63, 3.8) is 0 Å². The van der Waals surface area contributed by atoms with Gasteiger partial charge in [-0.25, -0.2) is 0 Å². The van der Waals surface area contributed by atoms with E-state index in [1.54, 1.807) is 0 Å². The summed E-state index contributed by atoms with van der Waals surface area (Å²) >= 11 is 8.32. The van der Waals surface area contributed by atoms with E-state index in [4.69, 9.17) is 0 Å². The lowest BCUT2D eigenvalue weighted by Gasteiger charge is -2.37. The molecule has 102 valence electrons. The first kappa shape index (κ1) is 13.6. The van der Waals surface area contributed by atoms with Crippen LogP contribution in [0.2, 0.25) is 0 Å². The van der Waals surface area contributed by atoms with Crippen LogP contribution in [0, 0.1) is 0 Å². The van der Waals surface area contributed by atoms with E-state index in [0.717, 1.165) is 14.0 Å². The maximum Gasteiger partial charge on any atom is 0.256 e. The molecular weight excluding hydrogens is 396 g/mol. The van der Waals surface area contributed by atoms with Gasteiger partial charge in [-0.15, -0.1) is 11.3 Å². The third-order valence-corrected chi connectivity index (χ3v) is 6.01. The molecule has 3 heterocycles. The Morgan fingerprint density at radius 2 is 2.16 bits per heavy atom. The standard InChI is InChI=1S/C12H12Br2N2O2S/c13-9-5-8(11(14)19-9)12(18)15-3-4-16-7(6-15)1-2-10(16)17/h5,7H,1-4,6H2. The summed E-state index contributed by atoms with van der Waals surface area (Å²) in [5.41, 5.74) is 0.703. The molecule has 1 atom stereocenters. The number of nitrogens with zero attached hydrogens (tertiary/aromatic N) is 2. The number of piperazine rings is 1. The number of hydrogen-bond acceptors (Lipinski definition) is 3. The Labute approximate surface area is 132 Å². The van der Waals surface area contributed by atoms with Crippen molar-refractivity contribution < 1.29 is 9.59 Å². The Bertz CT molecular complexity index is 546. The third kappa shape index (κ3) is 2.48. The van der Waals surface area contributed by atoms with Crippen LogP contribution in [0.15, 0.2) is 13.6 Å². The Balaban J connectivity index is 1.75. The number of halogens is 2. The minimum Gasteiger partial charge on any atom is -0.336 e. The molecule has 0 bridgehead atoms. The van der Waals surface area contributed by atoms with Gasteiger partial charge in [0.15, 0.2) is 0 Å². The molecule has 0 saturated carbocycles. The zero-order valence-electron chi connectivity index (χ0n) is 10.1. The topological polar surface area (TPSA) is 40.6 Å². The minimum atomic E-state index is 0.0489. The van der Waals surface area contributed by atoms with Gasteiger partial charge in [-0.2, -0.15) is 0 Å². The maximum atomic E-state index is 12.5. The Kier molecular flexibility index (Phi) is 3.70. The molecule has 0 aliphatic carbocycles. The van der Waals surface area contributed by atoms with Crippen molar-refractivity contribution >= 4 is 55.0 Å². The summed E-state index contributed by atoms with van der Waals surface area (Å²) in [5.74, 6) is 0.282. The molecule has 4 nitrogen and oxygen atoms in total. The lowest BCUT2D eigenvalue weighted by atomic mass is 10.1. The maximum absolute atomic E-state index is 12.5. The van der Waals surface area contributed by atoms with Crippen LogP contribution in [0.4, 0.5) is 0 Å². The zero-order valence-corrected chi connectivity index (χ0v) is 14.1. The quantitative estimate of drug-likeness (QED) is 0.718. The van der Waals surface area contributed by atoms with Gasteiger partial charge in [0.1, 0.15) is 0 Å². The van der Waals surface area contributed by atoms with Gasteiger partial charge < -0.3 is 9.80 Å². The molecule has 0 radical (unpaired) electrons. The molecule has 2 fully saturated rings. The summed E-state index contributed by atoms with van der Waals surface area (Å²) < 4.78 is 1.80. The zero-order chi connectivity index (χ0) is 13.6. The van der Waals surface area contributed by atoms with Crippen LogP contribution in [0.1, 0.15) is 23.2 Å². The van der Waals surface area contributed by atoms with Gasteiger partial charge in [0.25, 0.3) is 5.91 Å². The predicted octanol–water partition coefficient (Wildman–Crippen LogP) is 2.72. The Morgan fingerprint density at radius 3 is 2.84 bits per heavy atom. The van der Waals surface area contributed by atoms with Crippen LogP contribution < -0.4 is 0 Å². The Morgan fingerprint density at radius 1 is 1.37 bits per heavy atom. The van der Waals surface area contributed by atoms with Gasteiger partial charge in [0, 0.05) is 32.1 Å². The second kappa shape index (κ2) is 5.18. The van der Waals surface area contributed by atoms with Crippen molar-refractivity contribution in [1.82, 2.24) is 9.80 Å². The van der Waals surface area contributed by atoms with Crippen molar-refractivity contribution in [2.75, 3.05) is 19.6 Å². The first-order chi connectivity index (χ1) is 9.06. The van der Waals surface area contributed by atoms with Crippen molar-refractivity contribution in [2.45, 2.75) is 18.9 Å². The lowest BCUT2D eigenvalue weighted by molar-refractivity contribution is -0.130. The summed E-state index contributed by atoms with van der Waals surface area (Å²) in [6.07, 6.45) is 1.50. The highest BCUT2D eigenvalue weighted by Gasteiger charge is 2.37. The molecule has 1 unspecified atom stereocenters. The number of carbonyl (C=O) groups is 2. The van der Waals surface area contributed by atoms with Gasteiger partial charge in [-0.05, 0) is 44.3 Å². The molecule has 1 aromatic heterocycles. The van der Waals surface area contributed by atoms with E-state index >= 15 is 0 Å². The fraction of sp³-hybridized carbons (Fsp3) is 0.500. The van der Waals surface area contributed by atoms with Crippen LogP contribution in [0.5, 0.6) is 0 Å². The minimum absolute atomic E-state index is 0.0489. The fourth-order valence-corrected chi connectivity index (χ4v) is 5.48. The van der Waals surface area contributed by atoms with Crippen LogP contribution in [0.3, 0.4) is 0 Å². The number of thiophene rings is 1. The first-order valence-corrected chi connectivity index (χ1v) is 8.50. The number of fused-ring (bicyclic) bond motifs is 1. The van der Waals surface area contributed by atoms with Crippen LogP contribution in [0.25, 0.3) is 0 Å². The van der Waals surface area contributed by atoms with Gasteiger partial charge in [0.05, 0.1) is 13.1 Å². The normalized spacial score (nSPS) is 22.8. The average molecular weight is 408 g/mol. The summed E-state index contributed by atoms with van der Waals surface area (Å²) in [6.45, 7) is 1.95. The lowest BCUT2D eigenvalue weighted by Crippen LogP contribution is -2.53. The highest BCUT2D eigenvalue weighted by Crippen LogP contribution is 2.33. The fourth-order valence-electron chi connectivity index (χ4n) is 2.71. The van der Waals surface area contributed by atoms with Crippen molar-refractivity contribution in [2.24, 2.45) is 0 Å². The monoisotopic (exact) mass is 406 g/mol. The molecule has 1 aromatic rings. The molecule has 0 spiro atoms. The summed E-state index contributed by atoms with van der Waals surface area (Å²) in [4.78, 5) is 27.9. The largest absolute Gasteiger partial charge is 0.336 e. The van der Waals surface area contributed by atoms with E-state index < -0.39 is 0 Å². The smallest absolute Gasteiger partial charge is 0.256 e. The van der Waals surface area contributed by atoms with E-state index in [9.17, 15) is 9.59 Å². The molecule has 2 aliphatic rings. The highest BCUT2D eigenvalue weighted by molar-refractivity contribution is 9.12. The van der Waals surface area contributed by atoms with Crippen LogP contribution >= 0.6 is 43.2 Å².